The Labute approximate surface area is 156 Å². The van der Waals surface area contributed by atoms with Crippen LogP contribution in [0.3, 0.4) is 0 Å². The number of urea groups is 1. The number of carbonyl (C=O) groups excluding carboxylic acids is 3. The van der Waals surface area contributed by atoms with Gasteiger partial charge in [0.25, 0.3) is 5.91 Å². The Kier molecular flexibility index (Phi) is 5.09. The minimum absolute atomic E-state index is 0.284. The van der Waals surface area contributed by atoms with Gasteiger partial charge in [-0.25, -0.2) is 4.79 Å². The summed E-state index contributed by atoms with van der Waals surface area (Å²) in [5.41, 5.74) is 0.493. The molecule has 1 aliphatic rings. The molecule has 0 unspecified atom stereocenters. The maximum atomic E-state index is 12.7. The van der Waals surface area contributed by atoms with Gasteiger partial charge in [-0.3, -0.25) is 14.5 Å². The minimum atomic E-state index is -1.01. The van der Waals surface area contributed by atoms with Crippen molar-refractivity contribution in [2.45, 2.75) is 25.3 Å². The van der Waals surface area contributed by atoms with Gasteiger partial charge in [-0.05, 0) is 49.6 Å². The van der Waals surface area contributed by atoms with Crippen molar-refractivity contribution in [3.05, 3.63) is 70.7 Å². The fourth-order valence-electron chi connectivity index (χ4n) is 2.97. The summed E-state index contributed by atoms with van der Waals surface area (Å²) < 4.78 is 0. The first-order chi connectivity index (χ1) is 12.4. The predicted octanol–water partition coefficient (Wildman–Crippen LogP) is 3.47. The number of carbonyl (C=O) groups is 3. The first kappa shape index (κ1) is 18.1. The predicted molar refractivity (Wildman–Crippen MR) is 99.2 cm³/mol. The number of benzene rings is 2. The van der Waals surface area contributed by atoms with E-state index in [0.717, 1.165) is 10.5 Å². The monoisotopic (exact) mass is 370 g/mol. The Morgan fingerprint density at radius 2 is 1.73 bits per heavy atom. The number of amides is 3. The Balaban J connectivity index is 1.67. The second-order valence-corrected chi connectivity index (χ2v) is 7.01. The van der Waals surface area contributed by atoms with Crippen molar-refractivity contribution >= 4 is 29.3 Å². The maximum absolute atomic E-state index is 12.7. The van der Waals surface area contributed by atoms with Crippen LogP contribution < -0.4 is 5.32 Å². The van der Waals surface area contributed by atoms with Gasteiger partial charge in [-0.1, -0.05) is 41.9 Å². The fraction of sp³-hybridized carbons (Fsp3) is 0.250. The zero-order valence-corrected chi connectivity index (χ0v) is 15.1. The highest BCUT2D eigenvalue weighted by molar-refractivity contribution is 6.30. The lowest BCUT2D eigenvalue weighted by molar-refractivity contribution is -0.130. The lowest BCUT2D eigenvalue weighted by Gasteiger charge is -2.21. The summed E-state index contributed by atoms with van der Waals surface area (Å²) in [7, 11) is 0. The molecule has 2 aromatic carbocycles. The molecule has 1 saturated heterocycles. The van der Waals surface area contributed by atoms with Crippen molar-refractivity contribution in [2.24, 2.45) is 0 Å². The molecule has 1 heterocycles. The van der Waals surface area contributed by atoms with Gasteiger partial charge < -0.3 is 5.32 Å². The van der Waals surface area contributed by atoms with Crippen LogP contribution in [0.2, 0.25) is 5.02 Å². The van der Waals surface area contributed by atoms with Crippen LogP contribution in [0, 0.1) is 0 Å². The molecule has 0 aromatic heterocycles. The zero-order valence-electron chi connectivity index (χ0n) is 14.4. The van der Waals surface area contributed by atoms with E-state index in [0.29, 0.717) is 23.4 Å². The van der Waals surface area contributed by atoms with Crippen LogP contribution in [0.1, 0.15) is 29.3 Å². The number of aryl methyl sites for hydroxylation is 1. The van der Waals surface area contributed by atoms with Crippen molar-refractivity contribution in [1.29, 1.82) is 0 Å². The number of hydrogen-bond donors (Lipinski definition) is 1. The van der Waals surface area contributed by atoms with Gasteiger partial charge in [0.15, 0.2) is 5.78 Å². The molecule has 26 heavy (non-hydrogen) atoms. The van der Waals surface area contributed by atoms with Crippen LogP contribution in [0.5, 0.6) is 0 Å². The number of halogens is 1. The van der Waals surface area contributed by atoms with Gasteiger partial charge in [0, 0.05) is 10.6 Å². The molecule has 3 amide bonds. The Morgan fingerprint density at radius 1 is 1.08 bits per heavy atom. The zero-order chi connectivity index (χ0) is 18.7. The fourth-order valence-corrected chi connectivity index (χ4v) is 3.10. The highest BCUT2D eigenvalue weighted by Crippen LogP contribution is 2.24. The SMILES string of the molecule is C[C@@]1(CCc2ccccc2)NC(=O)N(CC(=O)c2ccc(Cl)cc2)C1=O. The number of nitrogens with one attached hydrogen (secondary N) is 1. The standard InChI is InChI=1S/C20H19ClN2O3/c1-20(12-11-14-5-3-2-4-6-14)18(25)23(19(26)22-20)13-17(24)15-7-9-16(21)10-8-15/h2-10H,11-13H2,1H3,(H,22,26)/t20-/m0/s1. The van der Waals surface area contributed by atoms with E-state index in [-0.39, 0.29) is 18.2 Å². The molecule has 134 valence electrons. The molecule has 0 aliphatic carbocycles. The van der Waals surface area contributed by atoms with Crippen LogP contribution in [0.15, 0.2) is 54.6 Å². The molecule has 0 spiro atoms. The van der Waals surface area contributed by atoms with E-state index in [4.69, 9.17) is 11.6 Å². The van der Waals surface area contributed by atoms with Crippen LogP contribution in [0.4, 0.5) is 4.79 Å². The van der Waals surface area contributed by atoms with Gasteiger partial charge in [-0.15, -0.1) is 0 Å². The van der Waals surface area contributed by atoms with Crippen molar-refractivity contribution in [3.8, 4) is 0 Å². The van der Waals surface area contributed by atoms with Crippen LogP contribution in [-0.2, 0) is 11.2 Å². The molecule has 0 saturated carbocycles. The molecule has 0 bridgehead atoms. The van der Waals surface area contributed by atoms with Gasteiger partial charge >= 0.3 is 6.03 Å². The Morgan fingerprint density at radius 3 is 2.38 bits per heavy atom. The van der Waals surface area contributed by atoms with E-state index >= 15 is 0 Å². The average Bonchev–Trinajstić information content (AvgIpc) is 2.85. The lowest BCUT2D eigenvalue weighted by Crippen LogP contribution is -2.44. The highest BCUT2D eigenvalue weighted by atomic mass is 35.5. The molecule has 1 N–H and O–H groups in total. The number of rotatable bonds is 6. The van der Waals surface area contributed by atoms with E-state index < -0.39 is 11.6 Å². The molecular weight excluding hydrogens is 352 g/mol. The van der Waals surface area contributed by atoms with E-state index in [9.17, 15) is 14.4 Å². The second kappa shape index (κ2) is 7.30. The van der Waals surface area contributed by atoms with Crippen molar-refractivity contribution in [2.75, 3.05) is 6.54 Å². The van der Waals surface area contributed by atoms with E-state index in [1.807, 2.05) is 30.3 Å². The van der Waals surface area contributed by atoms with Gasteiger partial charge in [0.1, 0.15) is 5.54 Å². The largest absolute Gasteiger partial charge is 0.325 e. The third-order valence-electron chi connectivity index (χ3n) is 4.57. The Hall–Kier alpha value is -2.66. The third kappa shape index (κ3) is 3.78. The molecule has 2 aromatic rings. The first-order valence-electron chi connectivity index (χ1n) is 8.36. The first-order valence-corrected chi connectivity index (χ1v) is 8.74. The molecular formula is C20H19ClN2O3. The number of Topliss-reactive ketones (excluding diaryl/α,β-unsaturated/α-hetero) is 1. The summed E-state index contributed by atoms with van der Waals surface area (Å²) in [6, 6.07) is 15.6. The number of ketones is 1. The lowest BCUT2D eigenvalue weighted by atomic mass is 9.93. The van der Waals surface area contributed by atoms with Crippen molar-refractivity contribution < 1.29 is 14.4 Å². The molecule has 3 rings (SSSR count). The molecule has 6 heteroatoms. The minimum Gasteiger partial charge on any atom is -0.323 e. The van der Waals surface area contributed by atoms with Crippen molar-refractivity contribution in [1.82, 2.24) is 10.2 Å². The topological polar surface area (TPSA) is 66.5 Å². The molecule has 0 radical (unpaired) electrons. The highest BCUT2D eigenvalue weighted by Gasteiger charge is 2.47. The van der Waals surface area contributed by atoms with Crippen LogP contribution in [-0.4, -0.2) is 34.7 Å². The van der Waals surface area contributed by atoms with Gasteiger partial charge in [0.05, 0.1) is 6.54 Å². The summed E-state index contributed by atoms with van der Waals surface area (Å²) in [5.74, 6) is -0.682. The summed E-state index contributed by atoms with van der Waals surface area (Å²) >= 11 is 5.82. The van der Waals surface area contributed by atoms with Crippen LogP contribution >= 0.6 is 11.6 Å². The van der Waals surface area contributed by atoms with Gasteiger partial charge in [-0.2, -0.15) is 0 Å². The van der Waals surface area contributed by atoms with Crippen LogP contribution in [0.25, 0.3) is 0 Å². The van der Waals surface area contributed by atoms with E-state index in [1.165, 1.54) is 0 Å². The number of imide groups is 1. The normalized spacial score (nSPS) is 19.5. The number of nitrogens with zero attached hydrogens (tertiary/aromatic N) is 1. The summed E-state index contributed by atoms with van der Waals surface area (Å²) in [6.45, 7) is 1.41. The quantitative estimate of drug-likeness (QED) is 0.625. The van der Waals surface area contributed by atoms with E-state index in [1.54, 1.807) is 31.2 Å². The number of hydrogen-bond acceptors (Lipinski definition) is 3. The Bertz CT molecular complexity index is 836. The molecule has 1 aliphatic heterocycles. The average molecular weight is 371 g/mol. The summed E-state index contributed by atoms with van der Waals surface area (Å²) in [6.07, 6.45) is 1.12. The smallest absolute Gasteiger partial charge is 0.323 e. The summed E-state index contributed by atoms with van der Waals surface area (Å²) in [5, 5.41) is 3.25. The van der Waals surface area contributed by atoms with Gasteiger partial charge in [0.2, 0.25) is 0 Å². The molecule has 1 atom stereocenters. The summed E-state index contributed by atoms with van der Waals surface area (Å²) in [4.78, 5) is 38.4. The molecule has 5 nitrogen and oxygen atoms in total. The van der Waals surface area contributed by atoms with Crippen molar-refractivity contribution in [3.63, 3.8) is 0 Å². The van der Waals surface area contributed by atoms with E-state index in [2.05, 4.69) is 5.32 Å². The second-order valence-electron chi connectivity index (χ2n) is 6.57. The molecule has 1 fully saturated rings. The maximum Gasteiger partial charge on any atom is 0.325 e. The third-order valence-corrected chi connectivity index (χ3v) is 4.82.